The van der Waals surface area contributed by atoms with Crippen LogP contribution in [-0.4, -0.2) is 19.0 Å². The molecule has 0 radical (unpaired) electrons. The molecule has 26 heavy (non-hydrogen) atoms. The Bertz CT molecular complexity index is 842. The maximum atomic E-state index is 12.7. The molecule has 1 aromatic carbocycles. The van der Waals surface area contributed by atoms with Gasteiger partial charge in [-0.05, 0) is 48.6 Å². The Morgan fingerprint density at radius 3 is 2.73 bits per heavy atom. The summed E-state index contributed by atoms with van der Waals surface area (Å²) < 4.78 is 4.99. The first-order chi connectivity index (χ1) is 12.6. The summed E-state index contributed by atoms with van der Waals surface area (Å²) >= 11 is 1.55. The molecule has 2 aliphatic carbocycles. The van der Waals surface area contributed by atoms with Crippen LogP contribution in [0, 0.1) is 11.8 Å². The summed E-state index contributed by atoms with van der Waals surface area (Å²) in [6, 6.07) is 10.1. The molecule has 5 heteroatoms. The van der Waals surface area contributed by atoms with Gasteiger partial charge in [0.25, 0.3) is 0 Å². The van der Waals surface area contributed by atoms with Crippen LogP contribution in [0.15, 0.2) is 30.3 Å². The van der Waals surface area contributed by atoms with Crippen molar-refractivity contribution >= 4 is 28.2 Å². The van der Waals surface area contributed by atoms with Crippen molar-refractivity contribution in [1.29, 1.82) is 0 Å². The van der Waals surface area contributed by atoms with Gasteiger partial charge in [-0.2, -0.15) is 0 Å². The lowest BCUT2D eigenvalue weighted by Gasteiger charge is -2.18. The van der Waals surface area contributed by atoms with E-state index < -0.39 is 0 Å². The zero-order valence-corrected chi connectivity index (χ0v) is 15.9. The monoisotopic (exact) mass is 369 g/mol. The van der Waals surface area contributed by atoms with Crippen molar-refractivity contribution in [2.75, 3.05) is 12.4 Å². The van der Waals surface area contributed by atoms with Gasteiger partial charge in [-0.15, -0.1) is 11.3 Å². The second-order valence-electron chi connectivity index (χ2n) is 7.40. The number of anilines is 1. The lowest BCUT2D eigenvalue weighted by atomic mass is 9.88. The van der Waals surface area contributed by atoms with Crippen molar-refractivity contribution in [3.05, 3.63) is 51.9 Å². The highest BCUT2D eigenvalue weighted by molar-refractivity contribution is 7.17. The number of thiophene rings is 1. The molecule has 4 rings (SSSR count). The third-order valence-electron chi connectivity index (χ3n) is 5.49. The fraction of sp³-hybridized carbons (Fsp3) is 0.429. The second kappa shape index (κ2) is 6.88. The van der Waals surface area contributed by atoms with Gasteiger partial charge in [-0.25, -0.2) is 4.79 Å². The van der Waals surface area contributed by atoms with Crippen molar-refractivity contribution < 1.29 is 14.3 Å². The normalized spacial score (nSPS) is 23.8. The molecule has 0 spiro atoms. The number of carbonyl (C=O) groups is 2. The van der Waals surface area contributed by atoms with Crippen molar-refractivity contribution in [1.82, 2.24) is 0 Å². The number of ether oxygens (including phenoxy) is 1. The Kier molecular flexibility index (Phi) is 4.57. The highest BCUT2D eigenvalue weighted by atomic mass is 32.1. The maximum absolute atomic E-state index is 12.7. The minimum Gasteiger partial charge on any atom is -0.465 e. The van der Waals surface area contributed by atoms with E-state index in [9.17, 15) is 9.59 Å². The standard InChI is InChI=1S/C21H23NO3S/c1-12-8-9-14-17(10-12)26-20(18(14)21(24)25-2)22-19(23)16-11-15(16)13-6-4-3-5-7-13/h3-7,12,15-16H,8-11H2,1-2H3,(H,22,23)/t12-,15-,16+/m1/s1. The number of esters is 1. The molecule has 0 aliphatic heterocycles. The number of amides is 1. The summed E-state index contributed by atoms with van der Waals surface area (Å²) in [5.41, 5.74) is 2.86. The molecule has 3 atom stereocenters. The molecule has 0 unspecified atom stereocenters. The van der Waals surface area contributed by atoms with E-state index in [1.807, 2.05) is 18.2 Å². The van der Waals surface area contributed by atoms with E-state index in [0.29, 0.717) is 16.5 Å². The Morgan fingerprint density at radius 2 is 2.00 bits per heavy atom. The van der Waals surface area contributed by atoms with Crippen molar-refractivity contribution in [3.8, 4) is 0 Å². The third-order valence-corrected chi connectivity index (χ3v) is 6.66. The van der Waals surface area contributed by atoms with E-state index in [4.69, 9.17) is 4.74 Å². The number of fused-ring (bicyclic) bond motifs is 1. The number of methoxy groups -OCH3 is 1. The number of hydrogen-bond donors (Lipinski definition) is 1. The fourth-order valence-electron chi connectivity index (χ4n) is 3.91. The summed E-state index contributed by atoms with van der Waals surface area (Å²) in [5, 5.41) is 3.70. The first-order valence-corrected chi connectivity index (χ1v) is 9.98. The Balaban J connectivity index is 1.55. The summed E-state index contributed by atoms with van der Waals surface area (Å²) in [4.78, 5) is 26.3. The van der Waals surface area contributed by atoms with Gasteiger partial charge in [-0.3, -0.25) is 4.79 Å². The molecular formula is C21H23NO3S. The Hall–Kier alpha value is -2.14. The van der Waals surface area contributed by atoms with Crippen LogP contribution in [0.4, 0.5) is 5.00 Å². The molecule has 1 heterocycles. The molecule has 0 saturated heterocycles. The van der Waals surface area contributed by atoms with Crippen LogP contribution in [0.5, 0.6) is 0 Å². The van der Waals surface area contributed by atoms with Gasteiger partial charge in [0.05, 0.1) is 12.7 Å². The lowest BCUT2D eigenvalue weighted by Crippen LogP contribution is -2.17. The minimum atomic E-state index is -0.345. The van der Waals surface area contributed by atoms with Crippen LogP contribution in [0.3, 0.4) is 0 Å². The average Bonchev–Trinajstić information content (AvgIpc) is 3.38. The van der Waals surface area contributed by atoms with Crippen LogP contribution < -0.4 is 5.32 Å². The Labute approximate surface area is 157 Å². The quantitative estimate of drug-likeness (QED) is 0.813. The van der Waals surface area contributed by atoms with E-state index in [-0.39, 0.29) is 23.7 Å². The van der Waals surface area contributed by atoms with Crippen LogP contribution in [0.25, 0.3) is 0 Å². The van der Waals surface area contributed by atoms with Crippen molar-refractivity contribution in [2.45, 2.75) is 38.5 Å². The van der Waals surface area contributed by atoms with Gasteiger partial charge < -0.3 is 10.1 Å². The molecule has 1 saturated carbocycles. The molecule has 136 valence electrons. The molecule has 4 nitrogen and oxygen atoms in total. The van der Waals surface area contributed by atoms with Crippen molar-refractivity contribution in [3.63, 3.8) is 0 Å². The van der Waals surface area contributed by atoms with Gasteiger partial charge in [0, 0.05) is 10.8 Å². The molecule has 1 amide bonds. The molecule has 1 aromatic heterocycles. The highest BCUT2D eigenvalue weighted by Crippen LogP contribution is 2.48. The fourth-order valence-corrected chi connectivity index (χ4v) is 5.32. The number of nitrogens with one attached hydrogen (secondary N) is 1. The van der Waals surface area contributed by atoms with Crippen molar-refractivity contribution in [2.24, 2.45) is 11.8 Å². The van der Waals surface area contributed by atoms with E-state index in [1.165, 1.54) is 17.6 Å². The summed E-state index contributed by atoms with van der Waals surface area (Å²) in [6.45, 7) is 2.23. The summed E-state index contributed by atoms with van der Waals surface area (Å²) in [7, 11) is 1.40. The number of carbonyl (C=O) groups excluding carboxylic acids is 2. The molecule has 2 aliphatic rings. The molecule has 1 N–H and O–H groups in total. The largest absolute Gasteiger partial charge is 0.465 e. The van der Waals surface area contributed by atoms with E-state index in [2.05, 4.69) is 24.4 Å². The predicted molar refractivity (Wildman–Crippen MR) is 103 cm³/mol. The first kappa shape index (κ1) is 17.3. The van der Waals surface area contributed by atoms with Crippen LogP contribution >= 0.6 is 11.3 Å². The van der Waals surface area contributed by atoms with E-state index in [0.717, 1.165) is 31.2 Å². The SMILES string of the molecule is COC(=O)c1c(NC(=O)[C@H]2C[C@@H]2c2ccccc2)sc2c1CC[C@@H](C)C2. The third kappa shape index (κ3) is 3.16. The second-order valence-corrected chi connectivity index (χ2v) is 8.50. The molecule has 0 bridgehead atoms. The van der Waals surface area contributed by atoms with Crippen LogP contribution in [-0.2, 0) is 22.4 Å². The van der Waals surface area contributed by atoms with Crippen LogP contribution in [0.2, 0.25) is 0 Å². The molecule has 1 fully saturated rings. The van der Waals surface area contributed by atoms with Crippen LogP contribution in [0.1, 0.15) is 52.0 Å². The highest BCUT2D eigenvalue weighted by Gasteiger charge is 2.44. The van der Waals surface area contributed by atoms with Gasteiger partial charge in [0.15, 0.2) is 0 Å². The lowest BCUT2D eigenvalue weighted by molar-refractivity contribution is -0.117. The molecular weight excluding hydrogens is 346 g/mol. The summed E-state index contributed by atoms with van der Waals surface area (Å²) in [6.07, 6.45) is 3.78. The summed E-state index contributed by atoms with van der Waals surface area (Å²) in [5.74, 6) is 0.549. The number of rotatable bonds is 4. The smallest absolute Gasteiger partial charge is 0.341 e. The predicted octanol–water partition coefficient (Wildman–Crippen LogP) is 4.40. The minimum absolute atomic E-state index is 0.00986. The Morgan fingerprint density at radius 1 is 1.23 bits per heavy atom. The number of benzene rings is 1. The average molecular weight is 369 g/mol. The maximum Gasteiger partial charge on any atom is 0.341 e. The van der Waals surface area contributed by atoms with E-state index >= 15 is 0 Å². The topological polar surface area (TPSA) is 55.4 Å². The number of hydrogen-bond acceptors (Lipinski definition) is 4. The van der Waals surface area contributed by atoms with Gasteiger partial charge in [0.2, 0.25) is 5.91 Å². The zero-order chi connectivity index (χ0) is 18.3. The molecule has 2 aromatic rings. The van der Waals surface area contributed by atoms with E-state index in [1.54, 1.807) is 11.3 Å². The zero-order valence-electron chi connectivity index (χ0n) is 15.1. The van der Waals surface area contributed by atoms with Gasteiger partial charge in [-0.1, -0.05) is 37.3 Å². The first-order valence-electron chi connectivity index (χ1n) is 9.17. The van der Waals surface area contributed by atoms with Gasteiger partial charge in [0.1, 0.15) is 5.00 Å². The van der Waals surface area contributed by atoms with Gasteiger partial charge >= 0.3 is 5.97 Å².